The van der Waals surface area contributed by atoms with Crippen LogP contribution in [0.25, 0.3) is 22.3 Å². The van der Waals surface area contributed by atoms with Crippen molar-refractivity contribution < 1.29 is 46.1 Å². The second kappa shape index (κ2) is 13.2. The molecule has 23 heteroatoms. The topological polar surface area (TPSA) is 195 Å². The number of ether oxygens (including phenoxy) is 2. The molecule has 0 spiro atoms. The number of allylic oxidation sites excluding steroid dienone is 1. The van der Waals surface area contributed by atoms with Crippen molar-refractivity contribution in [3.63, 3.8) is 0 Å². The smallest absolute Gasteiger partial charge is 0.325 e. The molecule has 0 radical (unpaired) electrons. The second-order valence-electron chi connectivity index (χ2n) is 11.6. The van der Waals surface area contributed by atoms with Gasteiger partial charge >= 0.3 is 13.4 Å². The summed E-state index contributed by atoms with van der Waals surface area (Å²) in [5, 5.41) is 3.23. The number of hydrogen-bond acceptors (Lipinski definition) is 15. The predicted molar refractivity (Wildman–Crippen MR) is 173 cm³/mol. The zero-order valence-electron chi connectivity index (χ0n) is 25.2. The van der Waals surface area contributed by atoms with Crippen molar-refractivity contribution >= 4 is 65.2 Å². The van der Waals surface area contributed by atoms with Gasteiger partial charge in [0.05, 0.1) is 31.6 Å². The van der Waals surface area contributed by atoms with Crippen LogP contribution >= 0.6 is 13.4 Å². The molecule has 49 heavy (non-hydrogen) atoms. The molecule has 3 saturated heterocycles. The van der Waals surface area contributed by atoms with Gasteiger partial charge in [0.1, 0.15) is 42.6 Å². The third-order valence-electron chi connectivity index (χ3n) is 8.51. The van der Waals surface area contributed by atoms with Gasteiger partial charge in [0.15, 0.2) is 47.4 Å². The lowest BCUT2D eigenvalue weighted by Crippen LogP contribution is -2.37. The Balaban J connectivity index is 1.19. The van der Waals surface area contributed by atoms with E-state index in [-0.39, 0.29) is 5.65 Å². The lowest BCUT2D eigenvalue weighted by molar-refractivity contribution is -0.0583. The van der Waals surface area contributed by atoms with E-state index >= 15 is 8.78 Å². The van der Waals surface area contributed by atoms with E-state index < -0.39 is 75.9 Å². The van der Waals surface area contributed by atoms with E-state index in [2.05, 4.69) is 35.2 Å². The van der Waals surface area contributed by atoms with E-state index in [4.69, 9.17) is 51.2 Å². The van der Waals surface area contributed by atoms with Crippen LogP contribution in [0.1, 0.15) is 31.0 Å². The summed E-state index contributed by atoms with van der Waals surface area (Å²) in [5.74, 6) is 0.430. The van der Waals surface area contributed by atoms with E-state index in [9.17, 15) is 9.79 Å². The molecule has 17 nitrogen and oxygen atoms in total. The van der Waals surface area contributed by atoms with Crippen LogP contribution in [0.5, 0.6) is 0 Å². The maximum Gasteiger partial charge on any atom is 0.325 e. The first-order chi connectivity index (χ1) is 23.6. The third kappa shape index (κ3) is 6.45. The summed E-state index contributed by atoms with van der Waals surface area (Å²) in [6.45, 7) is -9.09. The standard InChI is InChI=1S/C26H29F2N9O8P2S2/c27-16-20-14-7-40-47(39,49)45-21-15(8-41-46(38,48)44-20)43-26(17(21)28)37-12-35-19-22(31-10-33-24(19)37)29-6-4-2-1-3-5-13-18-23(32-9-30-13)36(11-34-18)25(16)42-14/h1-2,9-12,14-17,20-21,25-26H,3-8H2,(H,38,48)(H,39,49)(H,29,31,33)/b2-1+/t14-,15-,16-,17-,20-,21-,25-,26-,46?,47?/m1/s1. The van der Waals surface area contributed by atoms with Crippen molar-refractivity contribution in [2.45, 2.75) is 68.5 Å². The third-order valence-corrected chi connectivity index (χ3v) is 11.6. The Morgan fingerprint density at radius 3 is 1.94 bits per heavy atom. The van der Waals surface area contributed by atoms with Crippen molar-refractivity contribution in [2.75, 3.05) is 25.1 Å². The van der Waals surface area contributed by atoms with E-state index in [1.165, 1.54) is 34.4 Å². The Kier molecular flexibility index (Phi) is 9.07. The molecule has 3 fully saturated rings. The molecule has 5 aliphatic rings. The number of halogens is 2. The molecule has 4 aromatic heterocycles. The number of fused-ring (bicyclic) bond motifs is 11. The molecular formula is C26H29F2N9O8P2S2. The minimum Gasteiger partial charge on any atom is -0.368 e. The minimum atomic E-state index is -4.23. The van der Waals surface area contributed by atoms with Gasteiger partial charge in [-0.2, -0.15) is 0 Å². The largest absolute Gasteiger partial charge is 0.368 e. The Bertz CT molecular complexity index is 2010. The van der Waals surface area contributed by atoms with Gasteiger partial charge in [0.2, 0.25) is 0 Å². The van der Waals surface area contributed by atoms with Crippen LogP contribution in [0.3, 0.4) is 0 Å². The highest BCUT2D eigenvalue weighted by Crippen LogP contribution is 2.54. The molecule has 14 bridgehead atoms. The lowest BCUT2D eigenvalue weighted by atomic mass is 10.1. The highest BCUT2D eigenvalue weighted by Gasteiger charge is 2.53. The van der Waals surface area contributed by atoms with E-state index in [1.807, 2.05) is 12.2 Å². The van der Waals surface area contributed by atoms with Crippen molar-refractivity contribution in [2.24, 2.45) is 0 Å². The predicted octanol–water partition coefficient (Wildman–Crippen LogP) is 2.69. The zero-order chi connectivity index (χ0) is 33.9. The fourth-order valence-electron chi connectivity index (χ4n) is 6.23. The van der Waals surface area contributed by atoms with E-state index in [0.717, 1.165) is 0 Å². The number of hydrogen-bond donors (Lipinski definition) is 3. The number of aryl methyl sites for hydroxylation is 1. The number of rotatable bonds is 0. The van der Waals surface area contributed by atoms with Crippen LogP contribution in [0.2, 0.25) is 0 Å². The average molecular weight is 760 g/mol. The van der Waals surface area contributed by atoms with Gasteiger partial charge in [-0.1, -0.05) is 12.2 Å². The fourth-order valence-corrected chi connectivity index (χ4v) is 9.10. The quantitative estimate of drug-likeness (QED) is 0.175. The Morgan fingerprint density at radius 2 is 1.31 bits per heavy atom. The highest BCUT2D eigenvalue weighted by atomic mass is 32.5. The minimum absolute atomic E-state index is 0.256. The second-order valence-corrected chi connectivity index (χ2v) is 17.2. The van der Waals surface area contributed by atoms with Crippen molar-refractivity contribution in [1.82, 2.24) is 39.0 Å². The van der Waals surface area contributed by atoms with Crippen LogP contribution < -0.4 is 5.32 Å². The molecule has 0 amide bonds. The van der Waals surface area contributed by atoms with Crippen LogP contribution in [-0.2, 0) is 57.6 Å². The maximum atomic E-state index is 16.3. The summed E-state index contributed by atoms with van der Waals surface area (Å²) in [5.41, 5.74) is 2.02. The first kappa shape index (κ1) is 33.6. The number of anilines is 1. The normalized spacial score (nSPS) is 37.9. The number of alkyl halides is 2. The number of imidazole rings is 2. The van der Waals surface area contributed by atoms with Gasteiger partial charge in [0.25, 0.3) is 0 Å². The summed E-state index contributed by atoms with van der Waals surface area (Å²) in [6, 6.07) is 0. The maximum absolute atomic E-state index is 16.3. The number of aromatic nitrogens is 8. The van der Waals surface area contributed by atoms with Gasteiger partial charge in [-0.3, -0.25) is 18.2 Å². The molecule has 9 heterocycles. The summed E-state index contributed by atoms with van der Waals surface area (Å²) in [7, 11) is 0. The Morgan fingerprint density at radius 1 is 0.755 bits per heavy atom. The van der Waals surface area contributed by atoms with Crippen LogP contribution in [-0.4, -0.2) is 105 Å². The molecule has 10 atom stereocenters. The summed E-state index contributed by atoms with van der Waals surface area (Å²) >= 11 is 10.5. The van der Waals surface area contributed by atoms with Gasteiger partial charge < -0.3 is 33.6 Å². The lowest BCUT2D eigenvalue weighted by Gasteiger charge is -2.29. The monoisotopic (exact) mass is 759 g/mol. The van der Waals surface area contributed by atoms with E-state index in [0.29, 0.717) is 54.0 Å². The SMILES string of the molecule is OP1(=S)OC[C@H]2O[C@@H]3[C@H](F)[C@@H]2OP(O)(=S)OC[C@H]2O[C@H]([C@H](F)[C@@H]2O1)n1cnc2c(ncnc21)CC/C=C/CCNc1ncnc2c1ncn23. The number of nitrogens with zero attached hydrogens (tertiary/aromatic N) is 8. The van der Waals surface area contributed by atoms with Crippen molar-refractivity contribution in [3.05, 3.63) is 43.2 Å². The van der Waals surface area contributed by atoms with Gasteiger partial charge in [0, 0.05) is 6.54 Å². The summed E-state index contributed by atoms with van der Waals surface area (Å²) in [4.78, 5) is 48.3. The molecule has 0 saturated carbocycles. The Hall–Kier alpha value is -2.52. The molecule has 3 N–H and O–H groups in total. The van der Waals surface area contributed by atoms with Crippen molar-refractivity contribution in [3.8, 4) is 0 Å². The molecule has 2 unspecified atom stereocenters. The molecule has 5 aliphatic heterocycles. The highest BCUT2D eigenvalue weighted by molar-refractivity contribution is 8.07. The Labute approximate surface area is 286 Å². The van der Waals surface area contributed by atoms with Gasteiger partial charge in [-0.15, -0.1) is 0 Å². The zero-order valence-corrected chi connectivity index (χ0v) is 28.6. The first-order valence-electron chi connectivity index (χ1n) is 15.2. The van der Waals surface area contributed by atoms with Gasteiger partial charge in [-0.05, 0) is 42.9 Å². The van der Waals surface area contributed by atoms with E-state index in [1.54, 1.807) is 0 Å². The summed E-state index contributed by atoms with van der Waals surface area (Å²) in [6.07, 6.45) is -1.09. The summed E-state index contributed by atoms with van der Waals surface area (Å²) < 4.78 is 69.8. The van der Waals surface area contributed by atoms with Crippen molar-refractivity contribution in [1.29, 1.82) is 0 Å². The van der Waals surface area contributed by atoms with Crippen LogP contribution in [0, 0.1) is 0 Å². The van der Waals surface area contributed by atoms with Crippen LogP contribution in [0.4, 0.5) is 14.6 Å². The van der Waals surface area contributed by atoms with Crippen LogP contribution in [0.15, 0.2) is 37.5 Å². The fraction of sp³-hybridized carbons (Fsp3) is 0.538. The average Bonchev–Trinajstić information content (AvgIpc) is 3.83. The molecule has 4 aromatic rings. The molecule has 0 aromatic carbocycles. The van der Waals surface area contributed by atoms with Gasteiger partial charge in [-0.25, -0.2) is 38.7 Å². The molecular weight excluding hydrogens is 730 g/mol. The molecule has 262 valence electrons. The number of nitrogens with one attached hydrogen (secondary N) is 1. The molecule has 9 rings (SSSR count). The molecule has 0 aliphatic carbocycles. The first-order valence-corrected chi connectivity index (χ1v) is 20.4.